The van der Waals surface area contributed by atoms with E-state index in [1.807, 2.05) is 37.3 Å². The topological polar surface area (TPSA) is 40.6 Å². The van der Waals surface area contributed by atoms with Crippen LogP contribution in [0.4, 0.5) is 10.1 Å². The second kappa shape index (κ2) is 7.05. The number of halogens is 1. The van der Waals surface area contributed by atoms with Crippen molar-refractivity contribution in [2.75, 3.05) is 18.5 Å². The summed E-state index contributed by atoms with van der Waals surface area (Å²) in [6.45, 7) is 2.17. The van der Waals surface area contributed by atoms with Crippen molar-refractivity contribution in [3.8, 4) is 0 Å². The zero-order chi connectivity index (χ0) is 18.0. The lowest BCUT2D eigenvalue weighted by molar-refractivity contribution is -0.136. The summed E-state index contributed by atoms with van der Waals surface area (Å²) in [6.07, 6.45) is 0.110. The van der Waals surface area contributed by atoms with Gasteiger partial charge in [0.15, 0.2) is 0 Å². The first kappa shape index (κ1) is 17.1. The molecule has 1 heterocycles. The molecule has 130 valence electrons. The summed E-state index contributed by atoms with van der Waals surface area (Å²) in [6, 6.07) is 15.8. The Bertz CT molecular complexity index is 778. The highest BCUT2D eigenvalue weighted by Gasteiger charge is 2.38. The Kier molecular flexibility index (Phi) is 4.83. The average molecular weight is 340 g/mol. The van der Waals surface area contributed by atoms with Crippen LogP contribution in [-0.2, 0) is 9.59 Å². The molecule has 0 unspecified atom stereocenters. The van der Waals surface area contributed by atoms with Crippen LogP contribution >= 0.6 is 0 Å². The highest BCUT2D eigenvalue weighted by molar-refractivity contribution is 6.00. The molecule has 0 aliphatic carbocycles. The Morgan fingerprint density at radius 3 is 2.48 bits per heavy atom. The molecular formula is C20H21FN2O2. The lowest BCUT2D eigenvalue weighted by Gasteiger charge is -2.28. The summed E-state index contributed by atoms with van der Waals surface area (Å²) in [5, 5.41) is 0. The molecule has 0 bridgehead atoms. The van der Waals surface area contributed by atoms with Gasteiger partial charge in [0.1, 0.15) is 5.82 Å². The number of nitrogens with zero attached hydrogens (tertiary/aromatic N) is 2. The first-order valence-electron chi connectivity index (χ1n) is 8.35. The second-order valence-corrected chi connectivity index (χ2v) is 6.39. The number of para-hydroxylation sites is 1. The van der Waals surface area contributed by atoms with E-state index in [9.17, 15) is 14.0 Å². The van der Waals surface area contributed by atoms with E-state index in [2.05, 4.69) is 0 Å². The van der Waals surface area contributed by atoms with Gasteiger partial charge in [-0.15, -0.1) is 0 Å². The van der Waals surface area contributed by atoms with Crippen molar-refractivity contribution < 1.29 is 14.0 Å². The lowest BCUT2D eigenvalue weighted by atomic mass is 10.0. The maximum absolute atomic E-state index is 14.0. The van der Waals surface area contributed by atoms with E-state index in [1.54, 1.807) is 30.1 Å². The third-order valence-corrected chi connectivity index (χ3v) is 4.83. The fourth-order valence-electron chi connectivity index (χ4n) is 3.21. The van der Waals surface area contributed by atoms with Gasteiger partial charge in [0.2, 0.25) is 11.8 Å². The largest absolute Gasteiger partial charge is 0.339 e. The second-order valence-electron chi connectivity index (χ2n) is 6.39. The molecule has 3 rings (SSSR count). The van der Waals surface area contributed by atoms with Crippen LogP contribution in [-0.4, -0.2) is 30.3 Å². The van der Waals surface area contributed by atoms with Crippen LogP contribution in [0, 0.1) is 11.7 Å². The van der Waals surface area contributed by atoms with E-state index in [-0.39, 0.29) is 36.5 Å². The van der Waals surface area contributed by atoms with Crippen molar-refractivity contribution in [3.63, 3.8) is 0 Å². The maximum Gasteiger partial charge on any atom is 0.228 e. The number of amides is 2. The van der Waals surface area contributed by atoms with E-state index >= 15 is 0 Å². The van der Waals surface area contributed by atoms with Gasteiger partial charge in [-0.2, -0.15) is 0 Å². The Hall–Kier alpha value is -2.69. The summed E-state index contributed by atoms with van der Waals surface area (Å²) in [4.78, 5) is 28.2. The van der Waals surface area contributed by atoms with Crippen LogP contribution in [0.15, 0.2) is 54.6 Å². The van der Waals surface area contributed by atoms with Crippen LogP contribution in [0.1, 0.15) is 24.9 Å². The number of carbonyl (C=O) groups is 2. The standard InChI is InChI=1S/C20H21FN2O2/c1-14(15-8-4-3-5-9-15)22(2)20(25)16-12-19(24)23(13-16)18-11-7-6-10-17(18)21/h3-11,14,16H,12-13H2,1-2H3/t14-,16+/m0/s1. The van der Waals surface area contributed by atoms with E-state index in [1.165, 1.54) is 11.0 Å². The summed E-state index contributed by atoms with van der Waals surface area (Å²) in [5.74, 6) is -1.22. The first-order chi connectivity index (χ1) is 12.0. The van der Waals surface area contributed by atoms with Crippen LogP contribution in [0.2, 0.25) is 0 Å². The molecule has 0 aromatic heterocycles. The van der Waals surface area contributed by atoms with Gasteiger partial charge < -0.3 is 9.80 Å². The minimum absolute atomic E-state index is 0.0914. The Morgan fingerprint density at radius 1 is 1.16 bits per heavy atom. The number of benzene rings is 2. The maximum atomic E-state index is 14.0. The Balaban J connectivity index is 1.73. The molecule has 0 spiro atoms. The number of carbonyl (C=O) groups excluding carboxylic acids is 2. The monoisotopic (exact) mass is 340 g/mol. The van der Waals surface area contributed by atoms with Crippen molar-refractivity contribution in [2.24, 2.45) is 5.92 Å². The lowest BCUT2D eigenvalue weighted by Crippen LogP contribution is -2.36. The van der Waals surface area contributed by atoms with E-state index in [4.69, 9.17) is 0 Å². The molecule has 0 radical (unpaired) electrons. The number of hydrogen-bond acceptors (Lipinski definition) is 2. The third kappa shape index (κ3) is 3.40. The average Bonchev–Trinajstić information content (AvgIpc) is 3.02. The normalized spacial score (nSPS) is 18.3. The van der Waals surface area contributed by atoms with Crippen molar-refractivity contribution >= 4 is 17.5 Å². The summed E-state index contributed by atoms with van der Waals surface area (Å²) in [5.41, 5.74) is 1.27. The van der Waals surface area contributed by atoms with Gasteiger partial charge >= 0.3 is 0 Å². The molecule has 2 amide bonds. The molecule has 2 aromatic carbocycles. The van der Waals surface area contributed by atoms with Crippen molar-refractivity contribution in [2.45, 2.75) is 19.4 Å². The van der Waals surface area contributed by atoms with Crippen LogP contribution in [0.3, 0.4) is 0 Å². The van der Waals surface area contributed by atoms with Crippen LogP contribution < -0.4 is 4.90 Å². The summed E-state index contributed by atoms with van der Waals surface area (Å²) in [7, 11) is 1.75. The molecule has 0 saturated carbocycles. The van der Waals surface area contributed by atoms with Crippen molar-refractivity contribution in [3.05, 3.63) is 66.0 Å². The number of rotatable bonds is 4. The van der Waals surface area contributed by atoms with Gasteiger partial charge in [-0.05, 0) is 24.6 Å². The molecule has 4 nitrogen and oxygen atoms in total. The van der Waals surface area contributed by atoms with Gasteiger partial charge in [0.05, 0.1) is 17.6 Å². The molecule has 1 fully saturated rings. The summed E-state index contributed by atoms with van der Waals surface area (Å²) >= 11 is 0. The molecule has 1 aliphatic heterocycles. The van der Waals surface area contributed by atoms with Crippen molar-refractivity contribution in [1.82, 2.24) is 4.90 Å². The number of anilines is 1. The molecular weight excluding hydrogens is 319 g/mol. The molecule has 25 heavy (non-hydrogen) atoms. The predicted octanol–water partition coefficient (Wildman–Crippen LogP) is 3.40. The molecule has 2 atom stereocenters. The molecule has 1 aliphatic rings. The third-order valence-electron chi connectivity index (χ3n) is 4.83. The minimum atomic E-state index is -0.455. The van der Waals surface area contributed by atoms with Gasteiger partial charge in [-0.25, -0.2) is 4.39 Å². The Labute approximate surface area is 146 Å². The predicted molar refractivity (Wildman–Crippen MR) is 94.5 cm³/mol. The first-order valence-corrected chi connectivity index (χ1v) is 8.35. The van der Waals surface area contributed by atoms with E-state index in [0.29, 0.717) is 0 Å². The zero-order valence-electron chi connectivity index (χ0n) is 14.4. The quantitative estimate of drug-likeness (QED) is 0.856. The summed E-state index contributed by atoms with van der Waals surface area (Å²) < 4.78 is 14.0. The highest BCUT2D eigenvalue weighted by atomic mass is 19.1. The van der Waals surface area contributed by atoms with Crippen LogP contribution in [0.5, 0.6) is 0 Å². The Morgan fingerprint density at radius 2 is 1.80 bits per heavy atom. The highest BCUT2D eigenvalue weighted by Crippen LogP contribution is 2.29. The van der Waals surface area contributed by atoms with E-state index in [0.717, 1.165) is 5.56 Å². The zero-order valence-corrected chi connectivity index (χ0v) is 14.4. The molecule has 2 aromatic rings. The van der Waals surface area contributed by atoms with Crippen LogP contribution in [0.25, 0.3) is 0 Å². The molecule has 5 heteroatoms. The van der Waals surface area contributed by atoms with Gasteiger partial charge in [-0.3, -0.25) is 9.59 Å². The molecule has 1 saturated heterocycles. The van der Waals surface area contributed by atoms with Gasteiger partial charge in [-0.1, -0.05) is 42.5 Å². The minimum Gasteiger partial charge on any atom is -0.339 e. The smallest absolute Gasteiger partial charge is 0.228 e. The molecule has 0 N–H and O–H groups in total. The number of hydrogen-bond donors (Lipinski definition) is 0. The van der Waals surface area contributed by atoms with Crippen molar-refractivity contribution in [1.29, 1.82) is 0 Å². The van der Waals surface area contributed by atoms with Gasteiger partial charge in [0.25, 0.3) is 0 Å². The SMILES string of the molecule is C[C@@H](c1ccccc1)N(C)C(=O)[C@@H]1CC(=O)N(c2ccccc2F)C1. The fraction of sp³-hybridized carbons (Fsp3) is 0.300. The fourth-order valence-corrected chi connectivity index (χ4v) is 3.21. The van der Waals surface area contributed by atoms with Gasteiger partial charge in [0, 0.05) is 20.0 Å². The van der Waals surface area contributed by atoms with E-state index < -0.39 is 11.7 Å².